The Kier molecular flexibility index (Phi) is 7.48. The molecule has 0 radical (unpaired) electrons. The molecular formula is C24H23NO6. The van der Waals surface area contributed by atoms with Crippen LogP contribution in [0.25, 0.3) is 0 Å². The Morgan fingerprint density at radius 2 is 1.55 bits per heavy atom. The second-order valence-corrected chi connectivity index (χ2v) is 6.49. The molecule has 7 heteroatoms. The van der Waals surface area contributed by atoms with Gasteiger partial charge in [-0.15, -0.1) is 0 Å². The minimum absolute atomic E-state index is 0.200. The zero-order valence-electron chi connectivity index (χ0n) is 17.3. The van der Waals surface area contributed by atoms with Gasteiger partial charge in [0.1, 0.15) is 29.4 Å². The normalized spacial score (nSPS) is 10.1. The van der Waals surface area contributed by atoms with E-state index < -0.39 is 5.97 Å². The minimum Gasteiger partial charge on any atom is -0.497 e. The van der Waals surface area contributed by atoms with Gasteiger partial charge < -0.3 is 24.3 Å². The number of hydrogen-bond donors (Lipinski definition) is 1. The number of nitrogens with one attached hydrogen (secondary N) is 1. The maximum Gasteiger partial charge on any atom is 0.341 e. The molecular weight excluding hydrogens is 398 g/mol. The van der Waals surface area contributed by atoms with E-state index in [1.807, 2.05) is 30.3 Å². The smallest absolute Gasteiger partial charge is 0.341 e. The van der Waals surface area contributed by atoms with Gasteiger partial charge >= 0.3 is 5.97 Å². The fourth-order valence-electron chi connectivity index (χ4n) is 2.74. The van der Waals surface area contributed by atoms with Gasteiger partial charge in [-0.05, 0) is 42.0 Å². The van der Waals surface area contributed by atoms with E-state index in [9.17, 15) is 9.59 Å². The van der Waals surface area contributed by atoms with E-state index in [1.165, 1.54) is 26.4 Å². The van der Waals surface area contributed by atoms with Crippen LogP contribution in [0.4, 0.5) is 5.69 Å². The molecule has 3 aromatic carbocycles. The molecule has 0 unspecified atom stereocenters. The summed E-state index contributed by atoms with van der Waals surface area (Å²) in [5, 5.41) is 2.74. The first-order valence-electron chi connectivity index (χ1n) is 9.55. The lowest BCUT2D eigenvalue weighted by molar-refractivity contribution is -0.118. The number of ether oxygens (including phenoxy) is 4. The van der Waals surface area contributed by atoms with Gasteiger partial charge in [-0.3, -0.25) is 4.79 Å². The third-order valence-electron chi connectivity index (χ3n) is 4.34. The number of carbonyl (C=O) groups excluding carboxylic acids is 2. The number of methoxy groups -OCH3 is 2. The van der Waals surface area contributed by atoms with E-state index in [2.05, 4.69) is 5.32 Å². The minimum atomic E-state index is -0.566. The van der Waals surface area contributed by atoms with Crippen LogP contribution in [-0.2, 0) is 16.1 Å². The average Bonchev–Trinajstić information content (AvgIpc) is 2.82. The van der Waals surface area contributed by atoms with Crippen LogP contribution in [-0.4, -0.2) is 32.7 Å². The molecule has 0 fully saturated rings. The molecule has 0 saturated carbocycles. The summed E-state index contributed by atoms with van der Waals surface area (Å²) in [5.74, 6) is 0.443. The van der Waals surface area contributed by atoms with Gasteiger partial charge in [0.25, 0.3) is 5.91 Å². The number of hydrogen-bond acceptors (Lipinski definition) is 6. The van der Waals surface area contributed by atoms with Crippen molar-refractivity contribution >= 4 is 17.6 Å². The average molecular weight is 421 g/mol. The van der Waals surface area contributed by atoms with E-state index in [4.69, 9.17) is 18.9 Å². The highest BCUT2D eigenvalue weighted by Crippen LogP contribution is 2.25. The largest absolute Gasteiger partial charge is 0.497 e. The second kappa shape index (κ2) is 10.7. The molecule has 3 aromatic rings. The molecule has 31 heavy (non-hydrogen) atoms. The monoisotopic (exact) mass is 421 g/mol. The van der Waals surface area contributed by atoms with Gasteiger partial charge in [-0.1, -0.05) is 30.3 Å². The maximum atomic E-state index is 12.3. The first kappa shape index (κ1) is 21.7. The summed E-state index contributed by atoms with van der Waals surface area (Å²) in [5.41, 5.74) is 1.87. The molecule has 0 aliphatic rings. The number of rotatable bonds is 9. The molecule has 1 N–H and O–H groups in total. The quantitative estimate of drug-likeness (QED) is 0.524. The van der Waals surface area contributed by atoms with E-state index in [0.717, 1.165) is 5.56 Å². The van der Waals surface area contributed by atoms with E-state index >= 15 is 0 Å². The van der Waals surface area contributed by atoms with E-state index in [1.54, 1.807) is 30.3 Å². The van der Waals surface area contributed by atoms with Crippen molar-refractivity contribution in [2.24, 2.45) is 0 Å². The van der Waals surface area contributed by atoms with Crippen LogP contribution in [0.15, 0.2) is 72.8 Å². The Hall–Kier alpha value is -4.00. The summed E-state index contributed by atoms with van der Waals surface area (Å²) < 4.78 is 21.1. The van der Waals surface area contributed by atoms with Crippen LogP contribution in [0, 0.1) is 0 Å². The fourth-order valence-corrected chi connectivity index (χ4v) is 2.74. The molecule has 0 aliphatic carbocycles. The number of esters is 1. The lowest BCUT2D eigenvalue weighted by Gasteiger charge is -2.12. The highest BCUT2D eigenvalue weighted by atomic mass is 16.5. The number of benzene rings is 3. The van der Waals surface area contributed by atoms with Crippen molar-refractivity contribution in [1.29, 1.82) is 0 Å². The summed E-state index contributed by atoms with van der Waals surface area (Å²) in [6, 6.07) is 21.5. The maximum absolute atomic E-state index is 12.3. The first-order chi connectivity index (χ1) is 15.1. The molecule has 0 spiro atoms. The second-order valence-electron chi connectivity index (χ2n) is 6.49. The van der Waals surface area contributed by atoms with Crippen molar-refractivity contribution in [1.82, 2.24) is 0 Å². The standard InChI is InChI=1S/C24H23NO6/c1-28-20-12-13-21(24(27)29-2)22(14-20)31-16-23(26)25-18-8-10-19(11-9-18)30-15-17-6-4-3-5-7-17/h3-14H,15-16H2,1-2H3,(H,25,26). The zero-order valence-corrected chi connectivity index (χ0v) is 17.3. The van der Waals surface area contributed by atoms with Crippen molar-refractivity contribution < 1.29 is 28.5 Å². The zero-order chi connectivity index (χ0) is 22.1. The van der Waals surface area contributed by atoms with Crippen LogP contribution in [0.5, 0.6) is 17.2 Å². The van der Waals surface area contributed by atoms with Crippen molar-refractivity contribution in [2.75, 3.05) is 26.1 Å². The lowest BCUT2D eigenvalue weighted by atomic mass is 10.2. The predicted molar refractivity (Wildman–Crippen MR) is 116 cm³/mol. The molecule has 0 heterocycles. The molecule has 3 rings (SSSR count). The Bertz CT molecular complexity index is 1020. The van der Waals surface area contributed by atoms with Gasteiger partial charge in [0.05, 0.1) is 14.2 Å². The SMILES string of the molecule is COC(=O)c1ccc(OC)cc1OCC(=O)Nc1ccc(OCc2ccccc2)cc1. The van der Waals surface area contributed by atoms with E-state index in [0.29, 0.717) is 23.8 Å². The summed E-state index contributed by atoms with van der Waals surface area (Å²) >= 11 is 0. The fraction of sp³-hybridized carbons (Fsp3) is 0.167. The van der Waals surface area contributed by atoms with Crippen LogP contribution in [0.1, 0.15) is 15.9 Å². The molecule has 0 aliphatic heterocycles. The Morgan fingerprint density at radius 3 is 2.23 bits per heavy atom. The Labute approximate surface area is 180 Å². The van der Waals surface area contributed by atoms with E-state index in [-0.39, 0.29) is 23.8 Å². The van der Waals surface area contributed by atoms with Gasteiger partial charge in [0.2, 0.25) is 0 Å². The van der Waals surface area contributed by atoms with Crippen LogP contribution < -0.4 is 19.5 Å². The summed E-state index contributed by atoms with van der Waals surface area (Å²) in [6.45, 7) is 0.173. The first-order valence-corrected chi connectivity index (χ1v) is 9.55. The third kappa shape index (κ3) is 6.24. The van der Waals surface area contributed by atoms with Gasteiger partial charge in [-0.2, -0.15) is 0 Å². The van der Waals surface area contributed by atoms with Gasteiger partial charge in [-0.25, -0.2) is 4.79 Å². The van der Waals surface area contributed by atoms with Crippen molar-refractivity contribution in [3.05, 3.63) is 83.9 Å². The molecule has 1 amide bonds. The van der Waals surface area contributed by atoms with Crippen LogP contribution >= 0.6 is 0 Å². The highest BCUT2D eigenvalue weighted by Gasteiger charge is 2.15. The summed E-state index contributed by atoms with van der Waals surface area (Å²) in [6.07, 6.45) is 0. The molecule has 0 aromatic heterocycles. The Morgan fingerprint density at radius 1 is 0.839 bits per heavy atom. The predicted octanol–water partition coefficient (Wildman–Crippen LogP) is 4.08. The lowest BCUT2D eigenvalue weighted by Crippen LogP contribution is -2.21. The van der Waals surface area contributed by atoms with Crippen molar-refractivity contribution in [3.63, 3.8) is 0 Å². The Balaban J connectivity index is 1.54. The molecule has 0 saturated heterocycles. The third-order valence-corrected chi connectivity index (χ3v) is 4.34. The molecule has 7 nitrogen and oxygen atoms in total. The topological polar surface area (TPSA) is 83.1 Å². The molecule has 160 valence electrons. The molecule has 0 bridgehead atoms. The number of carbonyl (C=O) groups is 2. The van der Waals surface area contributed by atoms with Crippen LogP contribution in [0.3, 0.4) is 0 Å². The van der Waals surface area contributed by atoms with Crippen molar-refractivity contribution in [2.45, 2.75) is 6.61 Å². The van der Waals surface area contributed by atoms with Gasteiger partial charge in [0.15, 0.2) is 6.61 Å². The molecule has 0 atom stereocenters. The summed E-state index contributed by atoms with van der Waals surface area (Å²) in [7, 11) is 2.77. The van der Waals surface area contributed by atoms with Crippen LogP contribution in [0.2, 0.25) is 0 Å². The highest BCUT2D eigenvalue weighted by molar-refractivity contribution is 5.94. The summed E-state index contributed by atoms with van der Waals surface area (Å²) in [4.78, 5) is 24.2. The number of amides is 1. The van der Waals surface area contributed by atoms with Crippen molar-refractivity contribution in [3.8, 4) is 17.2 Å². The van der Waals surface area contributed by atoms with Gasteiger partial charge in [0, 0.05) is 11.8 Å². The number of anilines is 1.